The van der Waals surface area contributed by atoms with Gasteiger partial charge in [-0.1, -0.05) is 54.9 Å². The summed E-state index contributed by atoms with van der Waals surface area (Å²) in [5.41, 5.74) is 4.26. The third-order valence-electron chi connectivity index (χ3n) is 4.43. The van der Waals surface area contributed by atoms with Crippen molar-refractivity contribution in [1.29, 1.82) is 0 Å². The molecule has 0 saturated heterocycles. The Labute approximate surface area is 132 Å². The first-order chi connectivity index (χ1) is 10.3. The molecule has 0 amide bonds. The van der Waals surface area contributed by atoms with Crippen LogP contribution in [0.25, 0.3) is 0 Å². The summed E-state index contributed by atoms with van der Waals surface area (Å²) in [6.07, 6.45) is 4.76. The number of hydrogen-bond donors (Lipinski definition) is 1. The molecule has 0 aliphatic heterocycles. The number of rotatable bonds is 4. The van der Waals surface area contributed by atoms with Gasteiger partial charge in [0.2, 0.25) is 0 Å². The minimum atomic E-state index is 0.361. The van der Waals surface area contributed by atoms with Gasteiger partial charge >= 0.3 is 0 Å². The molecule has 2 aromatic rings. The standard InChI is InChI=1S/C19H22ClN/c1-2-18(15-9-5-10-16(20)13-15)21-19-12-6-8-14-7-3-4-11-17(14)19/h3-5,7,9-11,13,18-19,21H,2,6,8,12H2,1H3. The quantitative estimate of drug-likeness (QED) is 0.790. The topological polar surface area (TPSA) is 12.0 Å². The molecule has 2 unspecified atom stereocenters. The molecule has 0 aromatic heterocycles. The molecule has 1 nitrogen and oxygen atoms in total. The van der Waals surface area contributed by atoms with E-state index in [0.29, 0.717) is 12.1 Å². The van der Waals surface area contributed by atoms with Crippen LogP contribution >= 0.6 is 11.6 Å². The van der Waals surface area contributed by atoms with Crippen molar-refractivity contribution in [2.45, 2.75) is 44.7 Å². The molecule has 0 bridgehead atoms. The summed E-state index contributed by atoms with van der Waals surface area (Å²) in [6.45, 7) is 2.23. The third-order valence-corrected chi connectivity index (χ3v) is 4.67. The molecule has 1 aliphatic carbocycles. The zero-order valence-electron chi connectivity index (χ0n) is 12.5. The maximum atomic E-state index is 6.14. The molecule has 0 heterocycles. The summed E-state index contributed by atoms with van der Waals surface area (Å²) >= 11 is 6.14. The molecule has 0 spiro atoms. The highest BCUT2D eigenvalue weighted by atomic mass is 35.5. The van der Waals surface area contributed by atoms with Gasteiger partial charge in [-0.15, -0.1) is 0 Å². The highest BCUT2D eigenvalue weighted by Crippen LogP contribution is 2.32. The largest absolute Gasteiger partial charge is 0.303 e. The summed E-state index contributed by atoms with van der Waals surface area (Å²) in [7, 11) is 0. The van der Waals surface area contributed by atoms with Gasteiger partial charge in [-0.25, -0.2) is 0 Å². The normalized spacial score (nSPS) is 19.0. The minimum absolute atomic E-state index is 0.361. The van der Waals surface area contributed by atoms with Gasteiger partial charge in [-0.05, 0) is 54.5 Å². The lowest BCUT2D eigenvalue weighted by atomic mass is 9.87. The van der Waals surface area contributed by atoms with Crippen LogP contribution < -0.4 is 5.32 Å². The first-order valence-corrected chi connectivity index (χ1v) is 8.25. The second-order valence-corrected chi connectivity index (χ2v) is 6.26. The SMILES string of the molecule is CCC(NC1CCCc2ccccc21)c1cccc(Cl)c1. The van der Waals surface area contributed by atoms with Crippen molar-refractivity contribution in [3.63, 3.8) is 0 Å². The van der Waals surface area contributed by atoms with Gasteiger partial charge < -0.3 is 5.32 Å². The van der Waals surface area contributed by atoms with Crippen LogP contribution in [0, 0.1) is 0 Å². The van der Waals surface area contributed by atoms with Crippen molar-refractivity contribution >= 4 is 11.6 Å². The molecule has 3 rings (SSSR count). The first kappa shape index (κ1) is 14.6. The van der Waals surface area contributed by atoms with Crippen molar-refractivity contribution < 1.29 is 0 Å². The molecule has 1 aliphatic rings. The van der Waals surface area contributed by atoms with Crippen LogP contribution in [0.5, 0.6) is 0 Å². The molecule has 2 atom stereocenters. The van der Waals surface area contributed by atoms with Crippen LogP contribution in [0.4, 0.5) is 0 Å². The Bertz CT molecular complexity index is 608. The number of nitrogens with one attached hydrogen (secondary N) is 1. The van der Waals surface area contributed by atoms with E-state index in [0.717, 1.165) is 11.4 Å². The van der Waals surface area contributed by atoms with Gasteiger partial charge in [-0.3, -0.25) is 0 Å². The Hall–Kier alpha value is -1.31. The van der Waals surface area contributed by atoms with Gasteiger partial charge in [0.1, 0.15) is 0 Å². The number of halogens is 1. The molecular formula is C19H22ClN. The van der Waals surface area contributed by atoms with Crippen LogP contribution in [0.1, 0.15) is 55.0 Å². The molecule has 21 heavy (non-hydrogen) atoms. The first-order valence-electron chi connectivity index (χ1n) is 7.87. The Morgan fingerprint density at radius 2 is 2.05 bits per heavy atom. The fourth-order valence-electron chi connectivity index (χ4n) is 3.34. The van der Waals surface area contributed by atoms with Crippen LogP contribution in [0.2, 0.25) is 5.02 Å². The average molecular weight is 300 g/mol. The van der Waals surface area contributed by atoms with Gasteiger partial charge in [-0.2, -0.15) is 0 Å². The molecule has 0 fully saturated rings. The third kappa shape index (κ3) is 3.30. The van der Waals surface area contributed by atoms with Crippen LogP contribution in [0.15, 0.2) is 48.5 Å². The summed E-state index contributed by atoms with van der Waals surface area (Å²) < 4.78 is 0. The lowest BCUT2D eigenvalue weighted by Crippen LogP contribution is -2.29. The second-order valence-electron chi connectivity index (χ2n) is 5.83. The monoisotopic (exact) mass is 299 g/mol. The molecule has 2 aromatic carbocycles. The van der Waals surface area contributed by atoms with Crippen molar-refractivity contribution in [2.24, 2.45) is 0 Å². The van der Waals surface area contributed by atoms with Crippen molar-refractivity contribution in [3.05, 3.63) is 70.2 Å². The van der Waals surface area contributed by atoms with Gasteiger partial charge in [0.05, 0.1) is 0 Å². The highest BCUT2D eigenvalue weighted by molar-refractivity contribution is 6.30. The Balaban J connectivity index is 1.82. The Morgan fingerprint density at radius 1 is 1.19 bits per heavy atom. The van der Waals surface area contributed by atoms with Crippen LogP contribution in [-0.2, 0) is 6.42 Å². The zero-order chi connectivity index (χ0) is 14.7. The van der Waals surface area contributed by atoms with E-state index in [4.69, 9.17) is 11.6 Å². The molecule has 110 valence electrons. The van der Waals surface area contributed by atoms with E-state index < -0.39 is 0 Å². The van der Waals surface area contributed by atoms with Gasteiger partial charge in [0, 0.05) is 17.1 Å². The van der Waals surface area contributed by atoms with Crippen molar-refractivity contribution in [1.82, 2.24) is 5.32 Å². The maximum absolute atomic E-state index is 6.14. The zero-order valence-corrected chi connectivity index (χ0v) is 13.2. The number of hydrogen-bond acceptors (Lipinski definition) is 1. The fraction of sp³-hybridized carbons (Fsp3) is 0.368. The van der Waals surface area contributed by atoms with Crippen molar-refractivity contribution in [3.8, 4) is 0 Å². The predicted molar refractivity (Wildman–Crippen MR) is 89.7 cm³/mol. The predicted octanol–water partition coefficient (Wildman–Crippen LogP) is 5.46. The van der Waals surface area contributed by atoms with E-state index in [2.05, 4.69) is 48.6 Å². The summed E-state index contributed by atoms with van der Waals surface area (Å²) in [4.78, 5) is 0. The molecule has 0 saturated carbocycles. The molecule has 0 radical (unpaired) electrons. The smallest absolute Gasteiger partial charge is 0.0409 e. The summed E-state index contributed by atoms with van der Waals surface area (Å²) in [5.74, 6) is 0. The van der Waals surface area contributed by atoms with E-state index in [1.807, 2.05) is 12.1 Å². The van der Waals surface area contributed by atoms with E-state index in [-0.39, 0.29) is 0 Å². The average Bonchev–Trinajstić information content (AvgIpc) is 2.52. The van der Waals surface area contributed by atoms with E-state index in [1.165, 1.54) is 36.0 Å². The lowest BCUT2D eigenvalue weighted by molar-refractivity contribution is 0.393. The van der Waals surface area contributed by atoms with Gasteiger partial charge in [0.15, 0.2) is 0 Å². The van der Waals surface area contributed by atoms with Crippen molar-refractivity contribution in [2.75, 3.05) is 0 Å². The Kier molecular flexibility index (Phi) is 4.62. The van der Waals surface area contributed by atoms with E-state index in [9.17, 15) is 0 Å². The number of aryl methyl sites for hydroxylation is 1. The number of fused-ring (bicyclic) bond motifs is 1. The molecular weight excluding hydrogens is 278 g/mol. The maximum Gasteiger partial charge on any atom is 0.0409 e. The fourth-order valence-corrected chi connectivity index (χ4v) is 3.54. The number of benzene rings is 2. The summed E-state index contributed by atoms with van der Waals surface area (Å²) in [5, 5.41) is 4.66. The molecule has 2 heteroatoms. The Morgan fingerprint density at radius 3 is 2.86 bits per heavy atom. The summed E-state index contributed by atoms with van der Waals surface area (Å²) in [6, 6.07) is 17.9. The van der Waals surface area contributed by atoms with Crippen LogP contribution in [-0.4, -0.2) is 0 Å². The lowest BCUT2D eigenvalue weighted by Gasteiger charge is -2.30. The van der Waals surface area contributed by atoms with Crippen LogP contribution in [0.3, 0.4) is 0 Å². The van der Waals surface area contributed by atoms with Gasteiger partial charge in [0.25, 0.3) is 0 Å². The minimum Gasteiger partial charge on any atom is -0.303 e. The highest BCUT2D eigenvalue weighted by Gasteiger charge is 2.22. The second kappa shape index (κ2) is 6.64. The van der Waals surface area contributed by atoms with E-state index in [1.54, 1.807) is 0 Å². The molecule has 1 N–H and O–H groups in total. The van der Waals surface area contributed by atoms with E-state index >= 15 is 0 Å².